The molecule has 0 aliphatic heterocycles. The second-order valence-electron chi connectivity index (χ2n) is 4.65. The van der Waals surface area contributed by atoms with Crippen molar-refractivity contribution < 1.29 is 4.79 Å². The second-order valence-corrected chi connectivity index (χ2v) is 4.65. The number of benzene rings is 1. The van der Waals surface area contributed by atoms with Crippen LogP contribution in [0.4, 0.5) is 5.69 Å². The van der Waals surface area contributed by atoms with Gasteiger partial charge >= 0.3 is 0 Å². The van der Waals surface area contributed by atoms with E-state index in [9.17, 15) is 4.79 Å². The SMILES string of the molecule is CCCCC(N)C(=O)Nc1ccc2ncccc2c1. The molecule has 4 nitrogen and oxygen atoms in total. The van der Waals surface area contributed by atoms with Gasteiger partial charge in [0.25, 0.3) is 0 Å². The third-order valence-electron chi connectivity index (χ3n) is 3.08. The Hall–Kier alpha value is -1.94. The molecule has 19 heavy (non-hydrogen) atoms. The van der Waals surface area contributed by atoms with Gasteiger partial charge in [-0.05, 0) is 30.7 Å². The number of fused-ring (bicyclic) bond motifs is 1. The summed E-state index contributed by atoms with van der Waals surface area (Å²) < 4.78 is 0. The van der Waals surface area contributed by atoms with E-state index >= 15 is 0 Å². The van der Waals surface area contributed by atoms with Gasteiger partial charge in [-0.2, -0.15) is 0 Å². The number of unbranched alkanes of at least 4 members (excludes halogenated alkanes) is 1. The van der Waals surface area contributed by atoms with Crippen molar-refractivity contribution in [2.24, 2.45) is 5.73 Å². The molecule has 1 atom stereocenters. The summed E-state index contributed by atoms with van der Waals surface area (Å²) in [7, 11) is 0. The molecule has 2 aromatic rings. The minimum Gasteiger partial charge on any atom is -0.325 e. The molecule has 0 aliphatic carbocycles. The van der Waals surface area contributed by atoms with E-state index in [1.165, 1.54) is 0 Å². The fraction of sp³-hybridized carbons (Fsp3) is 0.333. The topological polar surface area (TPSA) is 68.0 Å². The van der Waals surface area contributed by atoms with Crippen LogP contribution in [0.1, 0.15) is 26.2 Å². The van der Waals surface area contributed by atoms with E-state index in [2.05, 4.69) is 17.2 Å². The maximum absolute atomic E-state index is 11.9. The third kappa shape index (κ3) is 3.51. The highest BCUT2D eigenvalue weighted by Crippen LogP contribution is 2.17. The van der Waals surface area contributed by atoms with Gasteiger partial charge in [-0.3, -0.25) is 9.78 Å². The number of nitrogens with zero attached hydrogens (tertiary/aromatic N) is 1. The minimum atomic E-state index is -0.440. The highest BCUT2D eigenvalue weighted by Gasteiger charge is 2.12. The number of hydrogen-bond donors (Lipinski definition) is 2. The lowest BCUT2D eigenvalue weighted by atomic mass is 10.1. The zero-order chi connectivity index (χ0) is 13.7. The number of hydrogen-bond acceptors (Lipinski definition) is 3. The zero-order valence-corrected chi connectivity index (χ0v) is 11.1. The Bertz CT molecular complexity index is 568. The molecule has 2 rings (SSSR count). The van der Waals surface area contributed by atoms with Crippen LogP contribution in [0.2, 0.25) is 0 Å². The average Bonchev–Trinajstić information content (AvgIpc) is 2.44. The number of nitrogens with one attached hydrogen (secondary N) is 1. The minimum absolute atomic E-state index is 0.128. The van der Waals surface area contributed by atoms with Crippen LogP contribution >= 0.6 is 0 Å². The summed E-state index contributed by atoms with van der Waals surface area (Å²) in [6.07, 6.45) is 4.48. The van der Waals surface area contributed by atoms with E-state index in [0.29, 0.717) is 0 Å². The number of aromatic nitrogens is 1. The molecule has 0 saturated carbocycles. The van der Waals surface area contributed by atoms with Crippen molar-refractivity contribution in [3.63, 3.8) is 0 Å². The van der Waals surface area contributed by atoms with Crippen LogP contribution in [0, 0.1) is 0 Å². The molecule has 0 aliphatic rings. The van der Waals surface area contributed by atoms with Gasteiger partial charge < -0.3 is 11.1 Å². The maximum atomic E-state index is 11.9. The van der Waals surface area contributed by atoms with Crippen LogP contribution in [0.3, 0.4) is 0 Å². The molecule has 0 fully saturated rings. The van der Waals surface area contributed by atoms with Crippen molar-refractivity contribution >= 4 is 22.5 Å². The first kappa shape index (κ1) is 13.5. The summed E-state index contributed by atoms with van der Waals surface area (Å²) in [5.41, 5.74) is 7.51. The quantitative estimate of drug-likeness (QED) is 0.865. The molecule has 1 aromatic heterocycles. The Kier molecular flexibility index (Phi) is 4.47. The van der Waals surface area contributed by atoms with E-state index in [1.54, 1.807) is 6.20 Å². The van der Waals surface area contributed by atoms with E-state index in [0.717, 1.165) is 35.9 Å². The smallest absolute Gasteiger partial charge is 0.241 e. The first-order chi connectivity index (χ1) is 9.20. The largest absolute Gasteiger partial charge is 0.325 e. The van der Waals surface area contributed by atoms with Gasteiger partial charge in [-0.25, -0.2) is 0 Å². The molecule has 100 valence electrons. The van der Waals surface area contributed by atoms with Crippen molar-refractivity contribution in [2.45, 2.75) is 32.2 Å². The van der Waals surface area contributed by atoms with Gasteiger partial charge in [0.2, 0.25) is 5.91 Å². The van der Waals surface area contributed by atoms with Crippen LogP contribution in [0.15, 0.2) is 36.5 Å². The lowest BCUT2D eigenvalue weighted by Gasteiger charge is -2.12. The monoisotopic (exact) mass is 257 g/mol. The number of carbonyl (C=O) groups excluding carboxylic acids is 1. The van der Waals surface area contributed by atoms with Crippen LogP contribution in [0.25, 0.3) is 10.9 Å². The highest BCUT2D eigenvalue weighted by atomic mass is 16.2. The van der Waals surface area contributed by atoms with E-state index in [-0.39, 0.29) is 5.91 Å². The summed E-state index contributed by atoms with van der Waals surface area (Å²) >= 11 is 0. The third-order valence-corrected chi connectivity index (χ3v) is 3.08. The number of carbonyl (C=O) groups is 1. The summed E-state index contributed by atoms with van der Waals surface area (Å²) in [5.74, 6) is -0.128. The molecule has 0 saturated heterocycles. The zero-order valence-electron chi connectivity index (χ0n) is 11.1. The molecule has 1 heterocycles. The Morgan fingerprint density at radius 2 is 2.26 bits per heavy atom. The van der Waals surface area contributed by atoms with Gasteiger partial charge in [0.15, 0.2) is 0 Å². The fourth-order valence-corrected chi connectivity index (χ4v) is 1.94. The van der Waals surface area contributed by atoms with Crippen molar-refractivity contribution in [3.8, 4) is 0 Å². The van der Waals surface area contributed by atoms with Gasteiger partial charge in [-0.15, -0.1) is 0 Å². The fourth-order valence-electron chi connectivity index (χ4n) is 1.94. The van der Waals surface area contributed by atoms with Crippen LogP contribution in [-0.4, -0.2) is 16.9 Å². The molecular weight excluding hydrogens is 238 g/mol. The van der Waals surface area contributed by atoms with Crippen LogP contribution < -0.4 is 11.1 Å². The van der Waals surface area contributed by atoms with Crippen molar-refractivity contribution in [2.75, 3.05) is 5.32 Å². The predicted molar refractivity (Wildman–Crippen MR) is 77.9 cm³/mol. The number of rotatable bonds is 5. The van der Waals surface area contributed by atoms with E-state index in [4.69, 9.17) is 5.73 Å². The second kappa shape index (κ2) is 6.29. The molecule has 1 unspecified atom stereocenters. The Balaban J connectivity index is 2.06. The predicted octanol–water partition coefficient (Wildman–Crippen LogP) is 2.69. The number of pyridine rings is 1. The lowest BCUT2D eigenvalue weighted by molar-refractivity contribution is -0.117. The average molecular weight is 257 g/mol. The molecular formula is C15H19N3O. The molecule has 0 spiro atoms. The lowest BCUT2D eigenvalue weighted by Crippen LogP contribution is -2.35. The molecule has 3 N–H and O–H groups in total. The molecule has 1 amide bonds. The van der Waals surface area contributed by atoms with Gasteiger partial charge in [0, 0.05) is 17.3 Å². The van der Waals surface area contributed by atoms with E-state index in [1.807, 2.05) is 30.3 Å². The molecule has 1 aromatic carbocycles. The van der Waals surface area contributed by atoms with Crippen molar-refractivity contribution in [1.82, 2.24) is 4.98 Å². The molecule has 4 heteroatoms. The molecule has 0 bridgehead atoms. The Morgan fingerprint density at radius 1 is 1.42 bits per heavy atom. The normalized spacial score (nSPS) is 12.3. The van der Waals surface area contributed by atoms with Gasteiger partial charge in [-0.1, -0.05) is 25.8 Å². The van der Waals surface area contributed by atoms with Crippen molar-refractivity contribution in [3.05, 3.63) is 36.5 Å². The Labute approximate surface area is 113 Å². The first-order valence-electron chi connectivity index (χ1n) is 6.62. The van der Waals surface area contributed by atoms with Crippen LogP contribution in [0.5, 0.6) is 0 Å². The van der Waals surface area contributed by atoms with Crippen molar-refractivity contribution in [1.29, 1.82) is 0 Å². The number of anilines is 1. The summed E-state index contributed by atoms with van der Waals surface area (Å²) in [6.45, 7) is 2.08. The van der Waals surface area contributed by atoms with Gasteiger partial charge in [0.05, 0.1) is 11.6 Å². The standard InChI is InChI=1S/C15H19N3O/c1-2-3-6-13(16)15(19)18-12-7-8-14-11(10-12)5-4-9-17-14/h4-5,7-10,13H,2-3,6,16H2,1H3,(H,18,19). The summed E-state index contributed by atoms with van der Waals surface area (Å²) in [6, 6.07) is 9.05. The summed E-state index contributed by atoms with van der Waals surface area (Å²) in [5, 5.41) is 3.85. The number of amides is 1. The first-order valence-corrected chi connectivity index (χ1v) is 6.62. The highest BCUT2D eigenvalue weighted by molar-refractivity contribution is 5.96. The molecule has 0 radical (unpaired) electrons. The van der Waals surface area contributed by atoms with Crippen LogP contribution in [-0.2, 0) is 4.79 Å². The maximum Gasteiger partial charge on any atom is 0.241 e. The van der Waals surface area contributed by atoms with E-state index < -0.39 is 6.04 Å². The Morgan fingerprint density at radius 3 is 3.05 bits per heavy atom. The number of nitrogens with two attached hydrogens (primary N) is 1. The van der Waals surface area contributed by atoms with Gasteiger partial charge in [0.1, 0.15) is 0 Å². The summed E-state index contributed by atoms with van der Waals surface area (Å²) in [4.78, 5) is 16.1.